The lowest BCUT2D eigenvalue weighted by atomic mass is 9.74. The maximum absolute atomic E-state index is 3.73. The topological polar surface area (TPSA) is 12.0 Å². The van der Waals surface area contributed by atoms with Crippen LogP contribution in [0.3, 0.4) is 0 Å². The van der Waals surface area contributed by atoms with Gasteiger partial charge in [-0.05, 0) is 30.6 Å². The summed E-state index contributed by atoms with van der Waals surface area (Å²) in [6.45, 7) is 8.01. The van der Waals surface area contributed by atoms with E-state index in [9.17, 15) is 0 Å². The summed E-state index contributed by atoms with van der Waals surface area (Å²) in [6, 6.07) is 0.764. The van der Waals surface area contributed by atoms with Crippen molar-refractivity contribution < 1.29 is 0 Å². The fourth-order valence-electron chi connectivity index (χ4n) is 3.11. The summed E-state index contributed by atoms with van der Waals surface area (Å²) in [6.07, 6.45) is 7.23. The molecule has 1 rings (SSSR count). The van der Waals surface area contributed by atoms with Crippen LogP contribution in [0.2, 0.25) is 0 Å². The molecule has 1 saturated carbocycles. The second kappa shape index (κ2) is 8.41. The first-order chi connectivity index (χ1) is 7.83. The average molecular weight is 243 g/mol. The smallest absolute Gasteiger partial charge is 0.0188 e. The van der Waals surface area contributed by atoms with E-state index in [1.807, 2.05) is 0 Å². The molecule has 96 valence electrons. The molecular weight excluding hydrogens is 214 g/mol. The molecule has 0 aromatic rings. The van der Waals surface area contributed by atoms with Crippen molar-refractivity contribution in [2.24, 2.45) is 11.8 Å². The molecule has 0 spiro atoms. The second-order valence-electron chi connectivity index (χ2n) is 4.94. The summed E-state index contributed by atoms with van der Waals surface area (Å²) in [5, 5.41) is 3.73. The van der Waals surface area contributed by atoms with E-state index in [1.54, 1.807) is 0 Å². The molecule has 3 atom stereocenters. The number of hydrogen-bond donors (Lipinski definition) is 1. The summed E-state index contributed by atoms with van der Waals surface area (Å²) in [5.74, 6) is 4.49. The molecule has 0 aromatic heterocycles. The lowest BCUT2D eigenvalue weighted by molar-refractivity contribution is 0.186. The minimum absolute atomic E-state index is 0.764. The first kappa shape index (κ1) is 14.4. The third-order valence-electron chi connectivity index (χ3n) is 3.98. The predicted molar refractivity (Wildman–Crippen MR) is 76.2 cm³/mol. The Morgan fingerprint density at radius 3 is 2.56 bits per heavy atom. The fourth-order valence-corrected chi connectivity index (χ4v) is 3.97. The van der Waals surface area contributed by atoms with E-state index in [1.165, 1.54) is 43.6 Å². The average Bonchev–Trinajstić information content (AvgIpc) is 2.34. The van der Waals surface area contributed by atoms with Crippen LogP contribution in [0.4, 0.5) is 0 Å². The highest BCUT2D eigenvalue weighted by Gasteiger charge is 2.29. The summed E-state index contributed by atoms with van der Waals surface area (Å²) in [7, 11) is 0. The van der Waals surface area contributed by atoms with Crippen molar-refractivity contribution in [1.82, 2.24) is 5.32 Å². The Bertz CT molecular complexity index is 172. The lowest BCUT2D eigenvalue weighted by Crippen LogP contribution is -2.42. The van der Waals surface area contributed by atoms with Crippen molar-refractivity contribution >= 4 is 11.8 Å². The number of rotatable bonds is 7. The van der Waals surface area contributed by atoms with E-state index in [2.05, 4.69) is 37.8 Å². The zero-order valence-corrected chi connectivity index (χ0v) is 12.1. The Labute approximate surface area is 106 Å². The van der Waals surface area contributed by atoms with E-state index < -0.39 is 0 Å². The summed E-state index contributed by atoms with van der Waals surface area (Å²) in [5.41, 5.74) is 0. The normalized spacial score (nSPS) is 27.9. The summed E-state index contributed by atoms with van der Waals surface area (Å²) < 4.78 is 0. The predicted octanol–water partition coefficient (Wildman–Crippen LogP) is 3.93. The van der Waals surface area contributed by atoms with Crippen LogP contribution in [-0.2, 0) is 0 Å². The van der Waals surface area contributed by atoms with Crippen molar-refractivity contribution in [2.45, 2.75) is 58.9 Å². The van der Waals surface area contributed by atoms with E-state index in [0.29, 0.717) is 0 Å². The van der Waals surface area contributed by atoms with E-state index in [0.717, 1.165) is 24.4 Å². The van der Waals surface area contributed by atoms with Gasteiger partial charge in [0.25, 0.3) is 0 Å². The first-order valence-corrected chi connectivity index (χ1v) is 8.30. The Morgan fingerprint density at radius 1 is 1.19 bits per heavy atom. The third kappa shape index (κ3) is 4.29. The highest BCUT2D eigenvalue weighted by Crippen LogP contribution is 2.35. The van der Waals surface area contributed by atoms with Crippen LogP contribution in [0.25, 0.3) is 0 Å². The quantitative estimate of drug-likeness (QED) is 0.727. The number of nitrogens with one attached hydrogen (secondary N) is 1. The van der Waals surface area contributed by atoms with Gasteiger partial charge in [0.1, 0.15) is 0 Å². The van der Waals surface area contributed by atoms with Gasteiger partial charge < -0.3 is 5.32 Å². The van der Waals surface area contributed by atoms with Crippen molar-refractivity contribution in [3.05, 3.63) is 0 Å². The van der Waals surface area contributed by atoms with Crippen molar-refractivity contribution in [3.63, 3.8) is 0 Å². The van der Waals surface area contributed by atoms with Gasteiger partial charge in [-0.2, -0.15) is 11.8 Å². The van der Waals surface area contributed by atoms with E-state index >= 15 is 0 Å². The van der Waals surface area contributed by atoms with E-state index in [4.69, 9.17) is 0 Å². The molecule has 0 saturated heterocycles. The molecule has 1 fully saturated rings. The van der Waals surface area contributed by atoms with Gasteiger partial charge in [-0.3, -0.25) is 0 Å². The van der Waals surface area contributed by atoms with Crippen molar-refractivity contribution in [2.75, 3.05) is 18.1 Å². The van der Waals surface area contributed by atoms with Gasteiger partial charge in [0.05, 0.1) is 0 Å². The zero-order chi connectivity index (χ0) is 11.8. The van der Waals surface area contributed by atoms with Gasteiger partial charge in [-0.1, -0.05) is 46.5 Å². The maximum Gasteiger partial charge on any atom is 0.0188 e. The maximum atomic E-state index is 3.73. The van der Waals surface area contributed by atoms with Crippen LogP contribution in [0.5, 0.6) is 0 Å². The summed E-state index contributed by atoms with van der Waals surface area (Å²) >= 11 is 2.10. The van der Waals surface area contributed by atoms with Crippen LogP contribution in [-0.4, -0.2) is 24.1 Å². The molecule has 0 aromatic carbocycles. The minimum Gasteiger partial charge on any atom is -0.313 e. The number of hydrogen-bond acceptors (Lipinski definition) is 2. The van der Waals surface area contributed by atoms with Gasteiger partial charge in [0, 0.05) is 11.8 Å². The molecule has 0 heterocycles. The molecular formula is C14H29NS. The van der Waals surface area contributed by atoms with Crippen LogP contribution in [0, 0.1) is 11.8 Å². The molecule has 0 radical (unpaired) electrons. The molecule has 1 N–H and O–H groups in total. The molecule has 3 unspecified atom stereocenters. The van der Waals surface area contributed by atoms with Crippen LogP contribution in [0.1, 0.15) is 52.9 Å². The summed E-state index contributed by atoms with van der Waals surface area (Å²) in [4.78, 5) is 0. The Hall–Kier alpha value is 0.310. The standard InChI is InChI=1S/C14H29NS/c1-4-12-9-7-8-10-13(12)14(15-5-2)11-16-6-3/h12-15H,4-11H2,1-3H3. The number of thioether (sulfide) groups is 1. The third-order valence-corrected chi connectivity index (χ3v) is 4.98. The molecule has 1 nitrogen and oxygen atoms in total. The minimum atomic E-state index is 0.764. The Kier molecular flexibility index (Phi) is 7.55. The SMILES string of the molecule is CCNC(CSCC)C1CCCCC1CC. The van der Waals surface area contributed by atoms with Gasteiger partial charge in [-0.15, -0.1) is 0 Å². The molecule has 16 heavy (non-hydrogen) atoms. The fraction of sp³-hybridized carbons (Fsp3) is 1.00. The Balaban J connectivity index is 2.51. The van der Waals surface area contributed by atoms with Crippen LogP contribution in [0.15, 0.2) is 0 Å². The Morgan fingerprint density at radius 2 is 1.94 bits per heavy atom. The molecule has 2 heteroatoms. The molecule has 0 bridgehead atoms. The van der Waals surface area contributed by atoms with Crippen molar-refractivity contribution in [3.8, 4) is 0 Å². The largest absolute Gasteiger partial charge is 0.313 e. The highest BCUT2D eigenvalue weighted by molar-refractivity contribution is 7.99. The highest BCUT2D eigenvalue weighted by atomic mass is 32.2. The lowest BCUT2D eigenvalue weighted by Gasteiger charge is -2.37. The molecule has 1 aliphatic carbocycles. The van der Waals surface area contributed by atoms with E-state index in [-0.39, 0.29) is 0 Å². The van der Waals surface area contributed by atoms with Crippen molar-refractivity contribution in [1.29, 1.82) is 0 Å². The molecule has 0 aliphatic heterocycles. The van der Waals surface area contributed by atoms with Gasteiger partial charge >= 0.3 is 0 Å². The zero-order valence-electron chi connectivity index (χ0n) is 11.3. The van der Waals surface area contributed by atoms with Gasteiger partial charge in [0.2, 0.25) is 0 Å². The monoisotopic (exact) mass is 243 g/mol. The first-order valence-electron chi connectivity index (χ1n) is 7.14. The van der Waals surface area contributed by atoms with Gasteiger partial charge in [0.15, 0.2) is 0 Å². The molecule has 0 amide bonds. The second-order valence-corrected chi connectivity index (χ2v) is 6.26. The van der Waals surface area contributed by atoms with Gasteiger partial charge in [-0.25, -0.2) is 0 Å². The van der Waals surface area contributed by atoms with Crippen LogP contribution >= 0.6 is 11.8 Å². The molecule has 1 aliphatic rings. The van der Waals surface area contributed by atoms with Crippen LogP contribution < -0.4 is 5.32 Å².